The minimum Gasteiger partial charge on any atom is -0.444 e. The molecule has 0 aliphatic rings. The number of nitrogens with zero attached hydrogens (tertiary/aromatic N) is 5. The molecule has 212 valence electrons. The Morgan fingerprint density at radius 2 is 1.93 bits per heavy atom. The van der Waals surface area contributed by atoms with Crippen molar-refractivity contribution < 1.29 is 14.3 Å². The number of unbranched alkanes of at least 4 members (excludes halogenated alkanes) is 1. The second-order valence-electron chi connectivity index (χ2n) is 10.1. The zero-order chi connectivity index (χ0) is 29.0. The van der Waals surface area contributed by atoms with Gasteiger partial charge in [0.05, 0.1) is 17.4 Å². The number of benzene rings is 1. The monoisotopic (exact) mass is 546 g/mol. The van der Waals surface area contributed by atoms with Gasteiger partial charge < -0.3 is 25.6 Å². The van der Waals surface area contributed by atoms with E-state index in [0.717, 1.165) is 24.3 Å². The van der Waals surface area contributed by atoms with Crippen molar-refractivity contribution in [3.8, 4) is 17.5 Å². The summed E-state index contributed by atoms with van der Waals surface area (Å²) >= 11 is 0. The third-order valence-electron chi connectivity index (χ3n) is 5.33. The first-order valence-corrected chi connectivity index (χ1v) is 13.3. The van der Waals surface area contributed by atoms with E-state index in [-0.39, 0.29) is 12.5 Å². The van der Waals surface area contributed by atoms with Crippen LogP contribution in [0.1, 0.15) is 52.5 Å². The summed E-state index contributed by atoms with van der Waals surface area (Å²) in [6.45, 7) is 8.57. The smallest absolute Gasteiger partial charge is 0.410 e. The molecule has 40 heavy (non-hydrogen) atoms. The summed E-state index contributed by atoms with van der Waals surface area (Å²) in [6.07, 6.45) is 6.99. The molecule has 3 aromatic rings. The van der Waals surface area contributed by atoms with Gasteiger partial charge in [0.25, 0.3) is 0 Å². The fourth-order valence-corrected chi connectivity index (χ4v) is 3.40. The molecule has 0 unspecified atom stereocenters. The largest absolute Gasteiger partial charge is 0.444 e. The molecule has 3 rings (SSSR count). The Hall–Kier alpha value is -4.59. The molecule has 0 spiro atoms. The van der Waals surface area contributed by atoms with Crippen molar-refractivity contribution in [1.29, 1.82) is 0 Å². The van der Waals surface area contributed by atoms with Gasteiger partial charge in [-0.15, -0.1) is 0 Å². The van der Waals surface area contributed by atoms with Crippen LogP contribution in [0.4, 0.5) is 22.2 Å². The number of aromatic nitrogens is 4. The molecule has 3 N–H and O–H groups in total. The van der Waals surface area contributed by atoms with Crippen LogP contribution in [0.5, 0.6) is 0 Å². The molecule has 0 bridgehead atoms. The third kappa shape index (κ3) is 9.94. The highest BCUT2D eigenvalue weighted by Gasteiger charge is 2.20. The van der Waals surface area contributed by atoms with E-state index in [1.54, 1.807) is 37.8 Å². The van der Waals surface area contributed by atoms with Gasteiger partial charge in [-0.3, -0.25) is 4.79 Å². The van der Waals surface area contributed by atoms with E-state index < -0.39 is 11.7 Å². The highest BCUT2D eigenvalue weighted by Crippen LogP contribution is 2.19. The summed E-state index contributed by atoms with van der Waals surface area (Å²) in [4.78, 5) is 34.4. The normalized spacial score (nSPS) is 10.7. The topological polar surface area (TPSA) is 126 Å². The minimum atomic E-state index is -0.609. The van der Waals surface area contributed by atoms with Crippen LogP contribution in [0.3, 0.4) is 0 Å². The number of ether oxygens (including phenoxy) is 1. The lowest BCUT2D eigenvalue weighted by atomic mass is 10.2. The number of anilines is 3. The second kappa shape index (κ2) is 14.5. The first-order chi connectivity index (χ1) is 19.1. The van der Waals surface area contributed by atoms with Crippen molar-refractivity contribution in [3.63, 3.8) is 0 Å². The third-order valence-corrected chi connectivity index (χ3v) is 5.33. The van der Waals surface area contributed by atoms with Gasteiger partial charge in [-0.25, -0.2) is 14.5 Å². The number of amides is 2. The van der Waals surface area contributed by atoms with Gasteiger partial charge >= 0.3 is 6.09 Å². The van der Waals surface area contributed by atoms with Crippen molar-refractivity contribution in [2.75, 3.05) is 37.3 Å². The SMILES string of the molecule is CCCNc1nc(Nc2ccc(-n3cccn3)cc2)ncc1C#CCCCNC(=O)CN(C)C(=O)OC(C)(C)C. The zero-order valence-electron chi connectivity index (χ0n) is 23.8. The van der Waals surface area contributed by atoms with Crippen molar-refractivity contribution in [3.05, 3.63) is 54.5 Å². The molecule has 0 saturated carbocycles. The summed E-state index contributed by atoms with van der Waals surface area (Å²) in [5, 5.41) is 13.6. The number of rotatable bonds is 11. The Balaban J connectivity index is 1.50. The van der Waals surface area contributed by atoms with E-state index >= 15 is 0 Å². The molecular formula is C29H38N8O3. The van der Waals surface area contributed by atoms with Crippen LogP contribution in [0, 0.1) is 11.8 Å². The molecule has 0 aliphatic heterocycles. The molecule has 0 fully saturated rings. The van der Waals surface area contributed by atoms with E-state index in [1.165, 1.54) is 11.9 Å². The average Bonchev–Trinajstić information content (AvgIpc) is 3.45. The van der Waals surface area contributed by atoms with E-state index in [0.29, 0.717) is 36.7 Å². The first-order valence-electron chi connectivity index (χ1n) is 13.3. The Kier molecular flexibility index (Phi) is 10.9. The minimum absolute atomic E-state index is 0.0702. The number of nitrogens with one attached hydrogen (secondary N) is 3. The van der Waals surface area contributed by atoms with Crippen LogP contribution in [0.25, 0.3) is 5.69 Å². The van der Waals surface area contributed by atoms with Crippen molar-refractivity contribution >= 4 is 29.5 Å². The van der Waals surface area contributed by atoms with Gasteiger partial charge in [-0.2, -0.15) is 10.1 Å². The van der Waals surface area contributed by atoms with Crippen molar-refractivity contribution in [2.45, 2.75) is 52.6 Å². The number of carbonyl (C=O) groups is 2. The summed E-state index contributed by atoms with van der Waals surface area (Å²) in [5.74, 6) is 7.15. The van der Waals surface area contributed by atoms with Gasteiger partial charge in [0.1, 0.15) is 18.0 Å². The molecule has 2 heterocycles. The van der Waals surface area contributed by atoms with E-state index in [1.807, 2.05) is 36.5 Å². The Morgan fingerprint density at radius 1 is 1.15 bits per heavy atom. The second-order valence-corrected chi connectivity index (χ2v) is 10.1. The Labute approximate surface area is 235 Å². The predicted octanol–water partition coefficient (Wildman–Crippen LogP) is 4.34. The van der Waals surface area contributed by atoms with Gasteiger partial charge in [0, 0.05) is 44.6 Å². The fourth-order valence-electron chi connectivity index (χ4n) is 3.40. The highest BCUT2D eigenvalue weighted by atomic mass is 16.6. The number of carbonyl (C=O) groups excluding carboxylic acids is 2. The van der Waals surface area contributed by atoms with Crippen LogP contribution in [-0.2, 0) is 9.53 Å². The number of hydrogen-bond donors (Lipinski definition) is 3. The van der Waals surface area contributed by atoms with Gasteiger partial charge in [-0.1, -0.05) is 18.8 Å². The lowest BCUT2D eigenvalue weighted by molar-refractivity contribution is -0.122. The van der Waals surface area contributed by atoms with E-state index in [4.69, 9.17) is 4.74 Å². The van der Waals surface area contributed by atoms with Crippen molar-refractivity contribution in [2.24, 2.45) is 0 Å². The maximum absolute atomic E-state index is 12.1. The Morgan fingerprint density at radius 3 is 2.60 bits per heavy atom. The summed E-state index contributed by atoms with van der Waals surface area (Å²) in [6, 6.07) is 9.70. The lowest BCUT2D eigenvalue weighted by Crippen LogP contribution is -2.41. The molecule has 1 aromatic carbocycles. The van der Waals surface area contributed by atoms with Gasteiger partial charge in [0.2, 0.25) is 11.9 Å². The van der Waals surface area contributed by atoms with Crippen molar-refractivity contribution in [1.82, 2.24) is 30.0 Å². The number of likely N-dealkylation sites (N-methyl/N-ethyl adjacent to an activating group) is 1. The molecule has 0 atom stereocenters. The molecule has 0 radical (unpaired) electrons. The molecule has 0 aliphatic carbocycles. The number of hydrogen-bond acceptors (Lipinski definition) is 8. The summed E-state index contributed by atoms with van der Waals surface area (Å²) in [5.41, 5.74) is 1.91. The first kappa shape index (κ1) is 30.0. The lowest BCUT2D eigenvalue weighted by Gasteiger charge is -2.24. The van der Waals surface area contributed by atoms with Crippen LogP contribution in [-0.4, -0.2) is 68.9 Å². The predicted molar refractivity (Wildman–Crippen MR) is 156 cm³/mol. The van der Waals surface area contributed by atoms with Crippen LogP contribution in [0.15, 0.2) is 48.9 Å². The average molecular weight is 547 g/mol. The van der Waals surface area contributed by atoms with Crippen LogP contribution < -0.4 is 16.0 Å². The maximum atomic E-state index is 12.1. The molecule has 0 saturated heterocycles. The summed E-state index contributed by atoms with van der Waals surface area (Å²) < 4.78 is 7.05. The van der Waals surface area contributed by atoms with E-state index in [2.05, 4.69) is 49.8 Å². The standard InChI is InChI=1S/C29H38N8O3/c1-6-16-31-26-22(11-8-7-9-17-30-25(38)21-36(5)28(39)40-29(2,3)4)20-32-27(35-26)34-23-12-14-24(15-13-23)37-19-10-18-33-37/h10,12-15,18-20H,6-7,9,16-17,21H2,1-5H3,(H,30,38)(H2,31,32,34,35). The summed E-state index contributed by atoms with van der Waals surface area (Å²) in [7, 11) is 1.53. The van der Waals surface area contributed by atoms with Crippen LogP contribution >= 0.6 is 0 Å². The Bertz CT molecular complexity index is 1310. The molecular weight excluding hydrogens is 508 g/mol. The van der Waals surface area contributed by atoms with Crippen LogP contribution in [0.2, 0.25) is 0 Å². The fraction of sp³-hybridized carbons (Fsp3) is 0.414. The molecule has 2 amide bonds. The zero-order valence-corrected chi connectivity index (χ0v) is 23.8. The molecule has 2 aromatic heterocycles. The van der Waals surface area contributed by atoms with Gasteiger partial charge in [-0.05, 0) is 63.9 Å². The molecule has 11 heteroatoms. The quantitative estimate of drug-likeness (QED) is 0.240. The van der Waals surface area contributed by atoms with E-state index in [9.17, 15) is 9.59 Å². The molecule has 11 nitrogen and oxygen atoms in total. The van der Waals surface area contributed by atoms with Gasteiger partial charge in [0.15, 0.2) is 0 Å². The maximum Gasteiger partial charge on any atom is 0.410 e. The highest BCUT2D eigenvalue weighted by molar-refractivity contribution is 5.82.